The number of carbonyl (C=O) groups is 2. The van der Waals surface area contributed by atoms with Gasteiger partial charge in [-0.15, -0.1) is 0 Å². The van der Waals surface area contributed by atoms with Gasteiger partial charge in [-0.3, -0.25) is 9.59 Å². The Hall–Kier alpha value is -3.02. The maximum atomic E-state index is 12.5. The first-order valence-electron chi connectivity index (χ1n) is 8.92. The van der Waals surface area contributed by atoms with Gasteiger partial charge in [-0.25, -0.2) is 0 Å². The van der Waals surface area contributed by atoms with Crippen molar-refractivity contribution in [3.05, 3.63) is 48.0 Å². The molecule has 0 atom stereocenters. The molecule has 2 heterocycles. The Morgan fingerprint density at radius 1 is 1.04 bits per heavy atom. The van der Waals surface area contributed by atoms with Crippen LogP contribution in [0.4, 0.5) is 17.1 Å². The summed E-state index contributed by atoms with van der Waals surface area (Å²) in [5.74, 6) is 0.111. The van der Waals surface area contributed by atoms with Gasteiger partial charge in [0.1, 0.15) is 5.75 Å². The third-order valence-electron chi connectivity index (χ3n) is 4.72. The molecule has 26 heavy (non-hydrogen) atoms. The van der Waals surface area contributed by atoms with Crippen LogP contribution in [0.15, 0.2) is 42.5 Å². The average Bonchev–Trinajstić information content (AvgIpc) is 2.69. The molecule has 1 saturated heterocycles. The first-order valence-corrected chi connectivity index (χ1v) is 8.92. The minimum atomic E-state index is -0.209. The predicted molar refractivity (Wildman–Crippen MR) is 101 cm³/mol. The molecule has 0 bridgehead atoms. The number of piperidine rings is 1. The molecule has 0 aromatic heterocycles. The topological polar surface area (TPSA) is 70.7 Å². The largest absolute Gasteiger partial charge is 0.482 e. The fourth-order valence-corrected chi connectivity index (χ4v) is 3.33. The number of carbonyl (C=O) groups excluding carboxylic acids is 2. The Kier molecular flexibility index (Phi) is 4.48. The lowest BCUT2D eigenvalue weighted by Crippen LogP contribution is -2.29. The van der Waals surface area contributed by atoms with Gasteiger partial charge in [-0.1, -0.05) is 0 Å². The quantitative estimate of drug-likeness (QED) is 0.890. The van der Waals surface area contributed by atoms with Gasteiger partial charge in [0, 0.05) is 30.0 Å². The molecule has 0 unspecified atom stereocenters. The molecule has 4 rings (SSSR count). The van der Waals surface area contributed by atoms with E-state index in [4.69, 9.17) is 4.74 Å². The monoisotopic (exact) mass is 351 g/mol. The summed E-state index contributed by atoms with van der Waals surface area (Å²) >= 11 is 0. The third-order valence-corrected chi connectivity index (χ3v) is 4.72. The molecule has 2 aromatic carbocycles. The smallest absolute Gasteiger partial charge is 0.262 e. The molecule has 2 amide bonds. The number of rotatable bonds is 3. The van der Waals surface area contributed by atoms with Crippen LogP contribution in [0.5, 0.6) is 5.75 Å². The highest BCUT2D eigenvalue weighted by Gasteiger charge is 2.18. The van der Waals surface area contributed by atoms with E-state index in [1.165, 1.54) is 24.9 Å². The second-order valence-corrected chi connectivity index (χ2v) is 6.60. The number of anilines is 3. The fraction of sp³-hybridized carbons (Fsp3) is 0.300. The summed E-state index contributed by atoms with van der Waals surface area (Å²) in [5, 5.41) is 5.62. The predicted octanol–water partition coefficient (Wildman–Crippen LogP) is 3.26. The van der Waals surface area contributed by atoms with Crippen molar-refractivity contribution in [2.75, 3.05) is 35.2 Å². The molecule has 2 aliphatic heterocycles. The van der Waals surface area contributed by atoms with E-state index >= 15 is 0 Å². The van der Waals surface area contributed by atoms with E-state index in [9.17, 15) is 9.59 Å². The number of benzene rings is 2. The van der Waals surface area contributed by atoms with Crippen LogP contribution in [0.25, 0.3) is 0 Å². The van der Waals surface area contributed by atoms with Crippen LogP contribution < -0.4 is 20.3 Å². The second-order valence-electron chi connectivity index (χ2n) is 6.60. The van der Waals surface area contributed by atoms with E-state index in [-0.39, 0.29) is 18.4 Å². The van der Waals surface area contributed by atoms with Gasteiger partial charge in [0.2, 0.25) is 0 Å². The van der Waals surface area contributed by atoms with Crippen LogP contribution in [-0.4, -0.2) is 31.5 Å². The van der Waals surface area contributed by atoms with E-state index in [2.05, 4.69) is 15.5 Å². The lowest BCUT2D eigenvalue weighted by Gasteiger charge is -2.28. The summed E-state index contributed by atoms with van der Waals surface area (Å²) in [6.45, 7) is 2.16. The van der Waals surface area contributed by atoms with Crippen molar-refractivity contribution in [3.63, 3.8) is 0 Å². The Morgan fingerprint density at radius 3 is 2.58 bits per heavy atom. The molecule has 2 aliphatic rings. The van der Waals surface area contributed by atoms with Crippen LogP contribution >= 0.6 is 0 Å². The summed E-state index contributed by atoms with van der Waals surface area (Å²) in [6.07, 6.45) is 3.78. The zero-order valence-electron chi connectivity index (χ0n) is 14.5. The van der Waals surface area contributed by atoms with Crippen molar-refractivity contribution in [1.29, 1.82) is 0 Å². The highest BCUT2D eigenvalue weighted by atomic mass is 16.5. The highest BCUT2D eigenvalue weighted by Crippen LogP contribution is 2.29. The minimum Gasteiger partial charge on any atom is -0.482 e. The Labute approximate surface area is 152 Å². The Balaban J connectivity index is 1.44. The lowest BCUT2D eigenvalue weighted by atomic mass is 10.1. The molecule has 134 valence electrons. The van der Waals surface area contributed by atoms with Gasteiger partial charge in [0.05, 0.1) is 5.69 Å². The van der Waals surface area contributed by atoms with Gasteiger partial charge >= 0.3 is 0 Å². The van der Waals surface area contributed by atoms with E-state index < -0.39 is 0 Å². The van der Waals surface area contributed by atoms with E-state index in [1.807, 2.05) is 24.3 Å². The van der Waals surface area contributed by atoms with Gasteiger partial charge in [0.25, 0.3) is 11.8 Å². The molecular weight excluding hydrogens is 330 g/mol. The SMILES string of the molecule is O=C1COc2cc(C(=O)Nc3ccc(N4CCCCC4)cc3)ccc2N1. The number of ether oxygens (including phenoxy) is 1. The van der Waals surface area contributed by atoms with Gasteiger partial charge in [0.15, 0.2) is 6.61 Å². The van der Waals surface area contributed by atoms with Crippen molar-refractivity contribution < 1.29 is 14.3 Å². The summed E-state index contributed by atoms with van der Waals surface area (Å²) in [6, 6.07) is 12.9. The zero-order chi connectivity index (χ0) is 17.9. The number of nitrogens with zero attached hydrogens (tertiary/aromatic N) is 1. The van der Waals surface area contributed by atoms with Crippen LogP contribution in [0, 0.1) is 0 Å². The van der Waals surface area contributed by atoms with Crippen molar-refractivity contribution in [2.45, 2.75) is 19.3 Å². The van der Waals surface area contributed by atoms with Gasteiger partial charge in [-0.05, 0) is 61.7 Å². The molecule has 0 aliphatic carbocycles. The second kappa shape index (κ2) is 7.07. The number of hydrogen-bond acceptors (Lipinski definition) is 4. The first kappa shape index (κ1) is 16.4. The normalized spacial score (nSPS) is 16.3. The maximum Gasteiger partial charge on any atom is 0.262 e. The van der Waals surface area contributed by atoms with Crippen LogP contribution in [-0.2, 0) is 4.79 Å². The molecule has 6 heteroatoms. The maximum absolute atomic E-state index is 12.5. The Morgan fingerprint density at radius 2 is 1.81 bits per heavy atom. The average molecular weight is 351 g/mol. The van der Waals surface area contributed by atoms with Crippen molar-refractivity contribution in [2.24, 2.45) is 0 Å². The fourth-order valence-electron chi connectivity index (χ4n) is 3.33. The standard InChI is InChI=1S/C20H21N3O3/c24-19-13-26-18-12-14(4-9-17(18)22-19)20(25)21-15-5-7-16(8-6-15)23-10-2-1-3-11-23/h4-9,12H,1-3,10-11,13H2,(H,21,25)(H,22,24). The molecule has 0 saturated carbocycles. The van der Waals surface area contributed by atoms with Crippen LogP contribution in [0.2, 0.25) is 0 Å². The summed E-state index contributed by atoms with van der Waals surface area (Å²) < 4.78 is 5.36. The molecule has 0 spiro atoms. The summed E-state index contributed by atoms with van der Waals surface area (Å²) in [5.41, 5.74) is 3.02. The van der Waals surface area contributed by atoms with Gasteiger partial charge in [-0.2, -0.15) is 0 Å². The number of nitrogens with one attached hydrogen (secondary N) is 2. The molecule has 2 N–H and O–H groups in total. The third kappa shape index (κ3) is 3.49. The summed E-state index contributed by atoms with van der Waals surface area (Å²) in [4.78, 5) is 26.2. The number of fused-ring (bicyclic) bond motifs is 1. The van der Waals surface area contributed by atoms with Crippen molar-refractivity contribution >= 4 is 28.9 Å². The molecule has 1 fully saturated rings. The zero-order valence-corrected chi connectivity index (χ0v) is 14.5. The van der Waals surface area contributed by atoms with E-state index in [0.29, 0.717) is 17.0 Å². The lowest BCUT2D eigenvalue weighted by molar-refractivity contribution is -0.118. The van der Waals surface area contributed by atoms with Crippen LogP contribution in [0.3, 0.4) is 0 Å². The number of hydrogen-bond donors (Lipinski definition) is 2. The number of amides is 2. The van der Waals surface area contributed by atoms with Crippen molar-refractivity contribution in [3.8, 4) is 5.75 Å². The molecule has 2 aromatic rings. The van der Waals surface area contributed by atoms with Gasteiger partial charge < -0.3 is 20.3 Å². The van der Waals surface area contributed by atoms with E-state index in [0.717, 1.165) is 18.8 Å². The van der Waals surface area contributed by atoms with E-state index in [1.54, 1.807) is 18.2 Å². The molecule has 6 nitrogen and oxygen atoms in total. The van der Waals surface area contributed by atoms with Crippen molar-refractivity contribution in [1.82, 2.24) is 0 Å². The first-order chi connectivity index (χ1) is 12.7. The Bertz CT molecular complexity index is 827. The minimum absolute atomic E-state index is 0.0317. The van der Waals surface area contributed by atoms with Crippen LogP contribution in [0.1, 0.15) is 29.6 Å². The highest BCUT2D eigenvalue weighted by molar-refractivity contribution is 6.05. The molecule has 0 radical (unpaired) electrons. The summed E-state index contributed by atoms with van der Waals surface area (Å²) in [7, 11) is 0. The molecular formula is C20H21N3O3.